The summed E-state index contributed by atoms with van der Waals surface area (Å²) in [5, 5.41) is 50.0. The van der Waals surface area contributed by atoms with Crippen LogP contribution in [-0.2, 0) is 59.2 Å². The molecule has 1 saturated heterocycles. The fraction of sp³-hybridized carbons (Fsp3) is 0.629. The summed E-state index contributed by atoms with van der Waals surface area (Å²) in [5.74, 6) is -9.91. The minimum atomic E-state index is -1.73. The molecule has 29 heteroatoms. The highest BCUT2D eigenvalue weighted by molar-refractivity contribution is 5.99. The standard InChI is InChI=1S/C62H102N16O13/c1-6-7-8-9-10-14-17-42-53(82)76-49(34-36(2)3)60(89)73-45(24-30-65)55(84)72-47(26-32-67)59(88)77-51(37(4)79)61(90)68-33-27-48(57(86)71-44(23-29-64)54(83)70-42)74-56(85)46(25-31-66)75-62(91)52(38(5)80)78-58(87)43(22-28-63)69-50(81)35-39-18-20-41(21-19-39)40-15-12-11-13-16-40/h11-13,15-16,18-21,36-38,42-49,51-52,79-80H,6-10,14,17,22-35,63-67H2,1-5H3,(H,68,90)(H,69,81)(H,70,83)(H,71,86)(H,72,84)(H,73,89)(H,74,85)(H,75,91)(H,76,82)(H,77,88)(H,78,87)/t37?,38?,42-,43+,44+,45+,46+,47+,48+,49+,51+,52+/m1/s1. The number of nitrogens with two attached hydrogens (primary N) is 5. The second-order valence-corrected chi connectivity index (χ2v) is 23.4. The molecule has 1 heterocycles. The highest BCUT2D eigenvalue weighted by Crippen LogP contribution is 2.20. The number of aliphatic hydroxyl groups excluding tert-OH is 2. The van der Waals surface area contributed by atoms with Gasteiger partial charge in [-0.25, -0.2) is 0 Å². The number of hydrogen-bond acceptors (Lipinski definition) is 18. The minimum absolute atomic E-state index is 0.0630. The first-order valence-corrected chi connectivity index (χ1v) is 31.7. The molecule has 1 aliphatic rings. The van der Waals surface area contributed by atoms with Crippen molar-refractivity contribution in [2.75, 3.05) is 39.3 Å². The van der Waals surface area contributed by atoms with Crippen molar-refractivity contribution in [3.05, 3.63) is 60.2 Å². The highest BCUT2D eigenvalue weighted by Gasteiger charge is 2.37. The van der Waals surface area contributed by atoms with E-state index in [4.69, 9.17) is 28.7 Å². The van der Waals surface area contributed by atoms with Crippen molar-refractivity contribution in [3.8, 4) is 11.1 Å². The summed E-state index contributed by atoms with van der Waals surface area (Å²) in [7, 11) is 0. The van der Waals surface area contributed by atoms with Crippen LogP contribution in [0.5, 0.6) is 0 Å². The smallest absolute Gasteiger partial charge is 0.245 e. The molecule has 29 nitrogen and oxygen atoms in total. The molecule has 0 spiro atoms. The third-order valence-corrected chi connectivity index (χ3v) is 15.2. The molecule has 23 N–H and O–H groups in total. The summed E-state index contributed by atoms with van der Waals surface area (Å²) in [6.45, 7) is 6.90. The van der Waals surface area contributed by atoms with E-state index in [0.717, 1.165) is 36.8 Å². The van der Waals surface area contributed by atoms with Crippen LogP contribution in [0.1, 0.15) is 130 Å². The van der Waals surface area contributed by atoms with Crippen molar-refractivity contribution in [1.82, 2.24) is 58.5 Å². The first kappa shape index (κ1) is 77.6. The van der Waals surface area contributed by atoms with Gasteiger partial charge in [-0.3, -0.25) is 52.7 Å². The van der Waals surface area contributed by atoms with Crippen molar-refractivity contribution in [1.29, 1.82) is 0 Å². The van der Waals surface area contributed by atoms with Gasteiger partial charge in [-0.1, -0.05) is 114 Å². The number of carbonyl (C=O) groups is 11. The molecule has 0 radical (unpaired) electrons. The molecule has 1 fully saturated rings. The molecule has 2 aromatic carbocycles. The molecule has 91 heavy (non-hydrogen) atoms. The van der Waals surface area contributed by atoms with Gasteiger partial charge in [0, 0.05) is 6.54 Å². The minimum Gasteiger partial charge on any atom is -0.391 e. The van der Waals surface area contributed by atoms with Crippen molar-refractivity contribution >= 4 is 65.0 Å². The van der Waals surface area contributed by atoms with Crippen molar-refractivity contribution in [2.24, 2.45) is 34.6 Å². The number of amides is 11. The Labute approximate surface area is 533 Å². The lowest BCUT2D eigenvalue weighted by molar-refractivity contribution is -0.137. The molecule has 0 aliphatic carbocycles. The average Bonchev–Trinajstić information content (AvgIpc) is 2.51. The molecule has 11 amide bonds. The molecule has 1 aliphatic heterocycles. The summed E-state index contributed by atoms with van der Waals surface area (Å²) < 4.78 is 0. The molecule has 2 aromatic rings. The Hall–Kier alpha value is -7.67. The summed E-state index contributed by atoms with van der Waals surface area (Å²) in [5.41, 5.74) is 32.1. The number of aliphatic hydroxyl groups is 2. The molecule has 2 unspecified atom stereocenters. The topological polar surface area (TPSA) is 491 Å². The zero-order valence-corrected chi connectivity index (χ0v) is 53.3. The third kappa shape index (κ3) is 27.4. The predicted molar refractivity (Wildman–Crippen MR) is 342 cm³/mol. The van der Waals surface area contributed by atoms with E-state index in [1.807, 2.05) is 42.5 Å². The van der Waals surface area contributed by atoms with Crippen LogP contribution < -0.4 is 87.2 Å². The maximum Gasteiger partial charge on any atom is 0.245 e. The Morgan fingerprint density at radius 3 is 1.49 bits per heavy atom. The Bertz CT molecular complexity index is 2650. The fourth-order valence-corrected chi connectivity index (χ4v) is 10.1. The molecular weight excluding hydrogens is 1180 g/mol. The van der Waals surface area contributed by atoms with Gasteiger partial charge in [-0.05, 0) is 121 Å². The fourth-order valence-electron chi connectivity index (χ4n) is 10.1. The molecule has 0 bridgehead atoms. The normalized spacial score (nSPS) is 21.8. The number of benzene rings is 2. The molecule has 508 valence electrons. The molecule has 3 rings (SSSR count). The van der Waals surface area contributed by atoms with Crippen molar-refractivity contribution in [3.63, 3.8) is 0 Å². The summed E-state index contributed by atoms with van der Waals surface area (Å²) in [4.78, 5) is 155. The van der Waals surface area contributed by atoms with Crippen LogP contribution in [0.25, 0.3) is 11.1 Å². The zero-order chi connectivity index (χ0) is 67.6. The van der Waals surface area contributed by atoms with E-state index in [1.165, 1.54) is 13.8 Å². The Balaban J connectivity index is 2.02. The van der Waals surface area contributed by atoms with Crippen LogP contribution in [0, 0.1) is 5.92 Å². The van der Waals surface area contributed by atoms with Crippen molar-refractivity contribution in [2.45, 2.75) is 204 Å². The monoisotopic (exact) mass is 1280 g/mol. The summed E-state index contributed by atoms with van der Waals surface area (Å²) >= 11 is 0. The van der Waals surface area contributed by atoms with Gasteiger partial charge >= 0.3 is 0 Å². The molecule has 12 atom stereocenters. The number of hydrogen-bond donors (Lipinski definition) is 18. The predicted octanol–water partition coefficient (Wildman–Crippen LogP) is -3.43. The van der Waals surface area contributed by atoms with Gasteiger partial charge in [0.15, 0.2) is 0 Å². The summed E-state index contributed by atoms with van der Waals surface area (Å²) in [6, 6.07) is 2.20. The van der Waals surface area contributed by atoms with Gasteiger partial charge in [0.1, 0.15) is 60.4 Å². The van der Waals surface area contributed by atoms with Gasteiger partial charge < -0.3 is 97.4 Å². The van der Waals surface area contributed by atoms with E-state index in [-0.39, 0.29) is 90.0 Å². The van der Waals surface area contributed by atoms with Gasteiger partial charge in [0.05, 0.1) is 18.6 Å². The maximum absolute atomic E-state index is 14.6. The second-order valence-electron chi connectivity index (χ2n) is 23.4. The second kappa shape index (κ2) is 41.7. The van der Waals surface area contributed by atoms with Crippen molar-refractivity contribution < 1.29 is 63.0 Å². The third-order valence-electron chi connectivity index (χ3n) is 15.2. The molecule has 0 aromatic heterocycles. The van der Waals surface area contributed by atoms with E-state index in [2.05, 4.69) is 65.4 Å². The zero-order valence-electron chi connectivity index (χ0n) is 53.3. The van der Waals surface area contributed by atoms with Gasteiger partial charge in [-0.15, -0.1) is 0 Å². The quantitative estimate of drug-likeness (QED) is 0.0327. The first-order valence-electron chi connectivity index (χ1n) is 31.7. The van der Waals surface area contributed by atoms with E-state index < -0.39 is 151 Å². The lowest BCUT2D eigenvalue weighted by atomic mass is 10.00. The molecular formula is C62H102N16O13. The number of unbranched alkanes of at least 4 members (excludes halogenated alkanes) is 5. The van der Waals surface area contributed by atoms with E-state index >= 15 is 0 Å². The largest absolute Gasteiger partial charge is 0.391 e. The highest BCUT2D eigenvalue weighted by atomic mass is 16.3. The van der Waals surface area contributed by atoms with Crippen LogP contribution in [0.2, 0.25) is 0 Å². The number of rotatable bonds is 31. The lowest BCUT2D eigenvalue weighted by Gasteiger charge is -2.29. The van der Waals surface area contributed by atoms with Gasteiger partial charge in [-0.2, -0.15) is 0 Å². The van der Waals surface area contributed by atoms with Crippen LogP contribution in [0.4, 0.5) is 0 Å². The van der Waals surface area contributed by atoms with Gasteiger partial charge in [0.2, 0.25) is 65.0 Å². The van der Waals surface area contributed by atoms with E-state index in [0.29, 0.717) is 18.4 Å². The van der Waals surface area contributed by atoms with Crippen LogP contribution in [-0.4, -0.2) is 187 Å². The lowest BCUT2D eigenvalue weighted by Crippen LogP contribution is -2.62. The Morgan fingerprint density at radius 2 is 0.989 bits per heavy atom. The number of nitrogens with one attached hydrogen (secondary N) is 11. The first-order chi connectivity index (χ1) is 43.4. The van der Waals surface area contributed by atoms with Crippen LogP contribution >= 0.6 is 0 Å². The molecule has 0 saturated carbocycles. The number of carbonyl (C=O) groups excluding carboxylic acids is 11. The Kier molecular flexibility index (Phi) is 35.5. The SMILES string of the molecule is CCCCCCCC[C@H]1NC(=O)[C@H](CCN)NC(=O)[C@@H](NC(=O)[C@H](CCN)NC(=O)[C@@H](NC(=O)[C@H](CCN)NC(=O)Cc2ccc(-c3ccccc3)cc2)C(C)O)CCNC(=O)[C@H](C(C)O)NC(=O)[C@H](CCN)NC(=O)[C@H](CCN)NC(=O)[C@H](CC(C)C)NC1=O. The van der Waals surface area contributed by atoms with E-state index in [9.17, 15) is 63.0 Å². The summed E-state index contributed by atoms with van der Waals surface area (Å²) in [6.07, 6.45) is 0.508. The maximum atomic E-state index is 14.6. The van der Waals surface area contributed by atoms with E-state index in [1.54, 1.807) is 26.0 Å². The van der Waals surface area contributed by atoms with Crippen LogP contribution in [0.3, 0.4) is 0 Å². The van der Waals surface area contributed by atoms with Crippen LogP contribution in [0.15, 0.2) is 54.6 Å². The Morgan fingerprint density at radius 1 is 0.516 bits per heavy atom. The average molecular weight is 1280 g/mol. The van der Waals surface area contributed by atoms with Gasteiger partial charge in [0.25, 0.3) is 0 Å².